The number of nitrogens with one attached hydrogen (secondary N) is 1. The van der Waals surface area contributed by atoms with Crippen molar-refractivity contribution in [2.75, 3.05) is 0 Å². The Labute approximate surface area is 104 Å². The van der Waals surface area contributed by atoms with Crippen LogP contribution < -0.4 is 5.32 Å². The van der Waals surface area contributed by atoms with E-state index in [0.717, 1.165) is 11.1 Å². The molecule has 1 amide bonds. The normalized spacial score (nSPS) is 10.1. The molecule has 0 bridgehead atoms. The summed E-state index contributed by atoms with van der Waals surface area (Å²) in [5.41, 5.74) is 2.14. The van der Waals surface area contributed by atoms with Crippen molar-refractivity contribution in [3.8, 4) is 11.1 Å². The Bertz CT molecular complexity index is 552. The summed E-state index contributed by atoms with van der Waals surface area (Å²) < 4.78 is 13.5. The number of benzene rings is 2. The first-order chi connectivity index (χ1) is 8.66. The summed E-state index contributed by atoms with van der Waals surface area (Å²) in [5, 5.41) is 10.8. The first-order valence-electron chi connectivity index (χ1n) is 5.47. The number of amides is 1. The van der Waals surface area contributed by atoms with Crippen molar-refractivity contribution in [1.82, 2.24) is 5.32 Å². The zero-order valence-corrected chi connectivity index (χ0v) is 9.56. The summed E-state index contributed by atoms with van der Waals surface area (Å²) >= 11 is 0. The second-order valence-electron chi connectivity index (χ2n) is 3.84. The number of hydrogen-bond donors (Lipinski definition) is 2. The quantitative estimate of drug-likeness (QED) is 0.872. The SMILES string of the molecule is O=C(O)NCc1ccc(-c2ccccc2F)cc1. The van der Waals surface area contributed by atoms with Crippen molar-refractivity contribution in [1.29, 1.82) is 0 Å². The van der Waals surface area contributed by atoms with E-state index in [9.17, 15) is 9.18 Å². The maximum Gasteiger partial charge on any atom is 0.404 e. The van der Waals surface area contributed by atoms with E-state index in [1.807, 2.05) is 0 Å². The molecule has 2 N–H and O–H groups in total. The Kier molecular flexibility index (Phi) is 3.57. The van der Waals surface area contributed by atoms with Crippen LogP contribution in [-0.2, 0) is 6.54 Å². The Balaban J connectivity index is 2.17. The highest BCUT2D eigenvalue weighted by Gasteiger charge is 2.03. The minimum Gasteiger partial charge on any atom is -0.465 e. The predicted molar refractivity (Wildman–Crippen MR) is 66.7 cm³/mol. The zero-order valence-electron chi connectivity index (χ0n) is 9.56. The van der Waals surface area contributed by atoms with Gasteiger partial charge in [0.15, 0.2) is 0 Å². The molecule has 2 aromatic rings. The van der Waals surface area contributed by atoms with Gasteiger partial charge in [-0.25, -0.2) is 9.18 Å². The van der Waals surface area contributed by atoms with Gasteiger partial charge < -0.3 is 10.4 Å². The van der Waals surface area contributed by atoms with Crippen LogP contribution in [0.15, 0.2) is 48.5 Å². The predicted octanol–water partition coefficient (Wildman–Crippen LogP) is 3.26. The molecule has 92 valence electrons. The lowest BCUT2D eigenvalue weighted by atomic mass is 10.0. The molecule has 0 aromatic heterocycles. The molecule has 2 aromatic carbocycles. The number of halogens is 1. The molecule has 0 fully saturated rings. The molecule has 2 rings (SSSR count). The van der Waals surface area contributed by atoms with Crippen LogP contribution >= 0.6 is 0 Å². The van der Waals surface area contributed by atoms with Gasteiger partial charge in [-0.05, 0) is 17.2 Å². The third kappa shape index (κ3) is 2.85. The molecule has 0 spiro atoms. The highest BCUT2D eigenvalue weighted by molar-refractivity contribution is 5.65. The van der Waals surface area contributed by atoms with Gasteiger partial charge in [0.2, 0.25) is 0 Å². The number of carbonyl (C=O) groups is 1. The summed E-state index contributed by atoms with van der Waals surface area (Å²) in [4.78, 5) is 10.3. The van der Waals surface area contributed by atoms with Gasteiger partial charge in [0.05, 0.1) is 0 Å². The van der Waals surface area contributed by atoms with Crippen molar-refractivity contribution >= 4 is 6.09 Å². The minimum absolute atomic E-state index is 0.243. The lowest BCUT2D eigenvalue weighted by Crippen LogP contribution is -2.19. The van der Waals surface area contributed by atoms with E-state index in [4.69, 9.17) is 5.11 Å². The molecule has 0 aliphatic carbocycles. The van der Waals surface area contributed by atoms with Gasteiger partial charge in [-0.15, -0.1) is 0 Å². The Hall–Kier alpha value is -2.36. The fourth-order valence-corrected chi connectivity index (χ4v) is 1.68. The minimum atomic E-state index is -1.06. The summed E-state index contributed by atoms with van der Waals surface area (Å²) in [6.45, 7) is 0.243. The fraction of sp³-hybridized carbons (Fsp3) is 0.0714. The molecule has 18 heavy (non-hydrogen) atoms. The van der Waals surface area contributed by atoms with E-state index in [-0.39, 0.29) is 12.4 Å². The largest absolute Gasteiger partial charge is 0.465 e. The number of carboxylic acid groups (broad SMARTS) is 1. The van der Waals surface area contributed by atoms with Gasteiger partial charge in [0, 0.05) is 12.1 Å². The van der Waals surface area contributed by atoms with E-state index in [1.54, 1.807) is 42.5 Å². The van der Waals surface area contributed by atoms with Crippen LogP contribution in [-0.4, -0.2) is 11.2 Å². The van der Waals surface area contributed by atoms with Gasteiger partial charge in [-0.2, -0.15) is 0 Å². The second-order valence-corrected chi connectivity index (χ2v) is 3.84. The van der Waals surface area contributed by atoms with Crippen molar-refractivity contribution in [2.45, 2.75) is 6.54 Å². The van der Waals surface area contributed by atoms with Crippen molar-refractivity contribution in [2.24, 2.45) is 0 Å². The third-order valence-corrected chi connectivity index (χ3v) is 2.58. The molecular weight excluding hydrogens is 233 g/mol. The standard InChI is InChI=1S/C14H12FNO2/c15-13-4-2-1-3-12(13)11-7-5-10(6-8-11)9-16-14(17)18/h1-8,16H,9H2,(H,17,18). The lowest BCUT2D eigenvalue weighted by molar-refractivity contribution is 0.194. The maximum absolute atomic E-state index is 13.5. The summed E-state index contributed by atoms with van der Waals surface area (Å²) in [7, 11) is 0. The molecule has 0 aliphatic rings. The molecule has 0 heterocycles. The van der Waals surface area contributed by atoms with Crippen LogP contribution in [0.5, 0.6) is 0 Å². The molecule has 3 nitrogen and oxygen atoms in total. The average Bonchev–Trinajstić information content (AvgIpc) is 2.38. The molecular formula is C14H12FNO2. The van der Waals surface area contributed by atoms with Gasteiger partial charge in [-0.1, -0.05) is 42.5 Å². The third-order valence-electron chi connectivity index (χ3n) is 2.58. The van der Waals surface area contributed by atoms with Gasteiger partial charge in [0.1, 0.15) is 5.82 Å². The second kappa shape index (κ2) is 5.31. The Morgan fingerprint density at radius 3 is 2.39 bits per heavy atom. The molecule has 0 atom stereocenters. The topological polar surface area (TPSA) is 49.3 Å². The van der Waals surface area contributed by atoms with Crippen LogP contribution in [0, 0.1) is 5.82 Å². The van der Waals surface area contributed by atoms with Gasteiger partial charge in [0.25, 0.3) is 0 Å². The van der Waals surface area contributed by atoms with Crippen LogP contribution in [0.1, 0.15) is 5.56 Å². The molecule has 0 unspecified atom stereocenters. The summed E-state index contributed by atoms with van der Waals surface area (Å²) in [6.07, 6.45) is -1.06. The van der Waals surface area contributed by atoms with E-state index >= 15 is 0 Å². The van der Waals surface area contributed by atoms with E-state index in [0.29, 0.717) is 5.56 Å². The first kappa shape index (κ1) is 12.1. The molecule has 0 saturated carbocycles. The van der Waals surface area contributed by atoms with E-state index in [1.165, 1.54) is 6.07 Å². The molecule has 4 heteroatoms. The van der Waals surface area contributed by atoms with Crippen molar-refractivity contribution in [3.05, 3.63) is 59.9 Å². The molecule has 0 saturated heterocycles. The number of hydrogen-bond acceptors (Lipinski definition) is 1. The Morgan fingerprint density at radius 2 is 1.78 bits per heavy atom. The highest BCUT2D eigenvalue weighted by Crippen LogP contribution is 2.22. The van der Waals surface area contributed by atoms with Crippen LogP contribution in [0.3, 0.4) is 0 Å². The first-order valence-corrected chi connectivity index (χ1v) is 5.47. The zero-order chi connectivity index (χ0) is 13.0. The smallest absolute Gasteiger partial charge is 0.404 e. The lowest BCUT2D eigenvalue weighted by Gasteiger charge is -2.05. The molecule has 0 radical (unpaired) electrons. The maximum atomic E-state index is 13.5. The monoisotopic (exact) mass is 245 g/mol. The van der Waals surface area contributed by atoms with Crippen molar-refractivity contribution in [3.63, 3.8) is 0 Å². The van der Waals surface area contributed by atoms with Crippen LogP contribution in [0.4, 0.5) is 9.18 Å². The van der Waals surface area contributed by atoms with Gasteiger partial charge >= 0.3 is 6.09 Å². The van der Waals surface area contributed by atoms with E-state index in [2.05, 4.69) is 5.32 Å². The Morgan fingerprint density at radius 1 is 1.11 bits per heavy atom. The fourth-order valence-electron chi connectivity index (χ4n) is 1.68. The highest BCUT2D eigenvalue weighted by atomic mass is 19.1. The van der Waals surface area contributed by atoms with Crippen molar-refractivity contribution < 1.29 is 14.3 Å². The summed E-state index contributed by atoms with van der Waals surface area (Å²) in [5.74, 6) is -0.270. The van der Waals surface area contributed by atoms with Crippen LogP contribution in [0.25, 0.3) is 11.1 Å². The van der Waals surface area contributed by atoms with E-state index < -0.39 is 6.09 Å². The average molecular weight is 245 g/mol. The molecule has 0 aliphatic heterocycles. The summed E-state index contributed by atoms with van der Waals surface area (Å²) in [6, 6.07) is 13.6. The van der Waals surface area contributed by atoms with Gasteiger partial charge in [-0.3, -0.25) is 0 Å². The number of rotatable bonds is 3. The van der Waals surface area contributed by atoms with Crippen LogP contribution in [0.2, 0.25) is 0 Å².